The van der Waals surface area contributed by atoms with Gasteiger partial charge in [-0.15, -0.1) is 11.3 Å². The second kappa shape index (κ2) is 7.78. The molecule has 0 saturated heterocycles. The van der Waals surface area contributed by atoms with Gasteiger partial charge in [0.15, 0.2) is 0 Å². The third-order valence-electron chi connectivity index (χ3n) is 4.14. The summed E-state index contributed by atoms with van der Waals surface area (Å²) in [7, 11) is 1.23. The van der Waals surface area contributed by atoms with E-state index in [0.717, 1.165) is 35.4 Å². The van der Waals surface area contributed by atoms with Gasteiger partial charge in [0.05, 0.1) is 12.7 Å². The number of carbonyl (C=O) groups is 2. The fraction of sp³-hybridized carbons (Fsp3) is 0.333. The molecule has 1 amide bonds. The number of benzene rings is 1. The van der Waals surface area contributed by atoms with Crippen LogP contribution < -0.4 is 10.1 Å². The maximum Gasteiger partial charge on any atom is 0.461 e. The number of ether oxygens (including phenoxy) is 2. The average Bonchev–Trinajstić information content (AvgIpc) is 3.21. The fourth-order valence-electron chi connectivity index (χ4n) is 2.89. The number of carbonyl (C=O) groups excluding carboxylic acids is 2. The van der Waals surface area contributed by atoms with Crippen LogP contribution in [0.4, 0.5) is 22.6 Å². The van der Waals surface area contributed by atoms with Gasteiger partial charge in [-0.05, 0) is 43.0 Å². The summed E-state index contributed by atoms with van der Waals surface area (Å²) in [6.45, 7) is 0. The van der Waals surface area contributed by atoms with Crippen LogP contribution in [0.15, 0.2) is 24.3 Å². The Morgan fingerprint density at radius 3 is 2.68 bits per heavy atom. The van der Waals surface area contributed by atoms with Gasteiger partial charge in [-0.25, -0.2) is 4.79 Å². The smallest absolute Gasteiger partial charge is 0.461 e. The molecule has 1 aliphatic rings. The van der Waals surface area contributed by atoms with Crippen LogP contribution in [-0.2, 0) is 17.6 Å². The molecule has 2 aromatic rings. The van der Waals surface area contributed by atoms with Gasteiger partial charge in [0.2, 0.25) is 0 Å². The number of fused-ring (bicyclic) bond motifs is 1. The standard InChI is InChI=1S/C18H15F4NO4S/c1-26-16(25)13-11-6-3-7-12(11)28-15(13)23-14(24)9-4-2-5-10(8-9)27-18(21,22)17(19)20/h2,4-5,8,17H,3,6-7H2,1H3,(H,23,24). The minimum absolute atomic E-state index is 0.0908. The van der Waals surface area contributed by atoms with Gasteiger partial charge in [-0.1, -0.05) is 6.07 Å². The van der Waals surface area contributed by atoms with E-state index in [2.05, 4.69) is 10.1 Å². The average molecular weight is 417 g/mol. The Morgan fingerprint density at radius 1 is 1.25 bits per heavy atom. The first kappa shape index (κ1) is 20.1. The monoisotopic (exact) mass is 417 g/mol. The molecule has 150 valence electrons. The van der Waals surface area contributed by atoms with Gasteiger partial charge in [0.1, 0.15) is 10.8 Å². The summed E-state index contributed by atoms with van der Waals surface area (Å²) in [5, 5.41) is 2.87. The van der Waals surface area contributed by atoms with Crippen LogP contribution in [-0.4, -0.2) is 31.5 Å². The zero-order valence-corrected chi connectivity index (χ0v) is 15.4. The highest BCUT2D eigenvalue weighted by molar-refractivity contribution is 7.17. The first-order valence-corrected chi connectivity index (χ1v) is 9.04. The molecule has 1 aromatic heterocycles. The Labute approximate surface area is 161 Å². The quantitative estimate of drug-likeness (QED) is 0.555. The molecule has 1 aromatic carbocycles. The third-order valence-corrected chi connectivity index (χ3v) is 5.35. The van der Waals surface area contributed by atoms with Gasteiger partial charge in [0, 0.05) is 10.4 Å². The first-order chi connectivity index (χ1) is 13.2. The van der Waals surface area contributed by atoms with E-state index in [-0.39, 0.29) is 11.1 Å². The number of methoxy groups -OCH3 is 1. The van der Waals surface area contributed by atoms with Crippen LogP contribution in [0.2, 0.25) is 0 Å². The topological polar surface area (TPSA) is 64.6 Å². The summed E-state index contributed by atoms with van der Waals surface area (Å²) in [5.74, 6) is -1.86. The highest BCUT2D eigenvalue weighted by Gasteiger charge is 2.44. The summed E-state index contributed by atoms with van der Waals surface area (Å²) >= 11 is 1.25. The van der Waals surface area contributed by atoms with E-state index in [1.165, 1.54) is 30.6 Å². The molecule has 0 unspecified atom stereocenters. The predicted octanol–water partition coefficient (Wildman–Crippen LogP) is 4.51. The lowest BCUT2D eigenvalue weighted by Crippen LogP contribution is -2.33. The molecule has 3 rings (SSSR count). The van der Waals surface area contributed by atoms with Crippen LogP contribution in [0.1, 0.15) is 37.6 Å². The highest BCUT2D eigenvalue weighted by atomic mass is 32.1. The van der Waals surface area contributed by atoms with Crippen LogP contribution in [0, 0.1) is 0 Å². The number of rotatable bonds is 6. The van der Waals surface area contributed by atoms with Crippen molar-refractivity contribution in [3.63, 3.8) is 0 Å². The number of halogens is 4. The van der Waals surface area contributed by atoms with E-state index in [1.807, 2.05) is 0 Å². The van der Waals surface area contributed by atoms with Crippen molar-refractivity contribution in [3.05, 3.63) is 45.8 Å². The number of aryl methyl sites for hydroxylation is 1. The van der Waals surface area contributed by atoms with Gasteiger partial charge >= 0.3 is 18.5 Å². The Hall–Kier alpha value is -2.62. The van der Waals surface area contributed by atoms with Gasteiger partial charge < -0.3 is 14.8 Å². The lowest BCUT2D eigenvalue weighted by molar-refractivity contribution is -0.253. The molecule has 5 nitrogen and oxygen atoms in total. The van der Waals surface area contributed by atoms with Crippen molar-refractivity contribution in [3.8, 4) is 5.75 Å². The van der Waals surface area contributed by atoms with Crippen molar-refractivity contribution >= 4 is 28.2 Å². The fourth-order valence-corrected chi connectivity index (χ4v) is 4.16. The molecule has 0 bridgehead atoms. The molecular formula is C18H15F4NO4S. The van der Waals surface area contributed by atoms with Crippen molar-refractivity contribution in [1.82, 2.24) is 0 Å². The largest absolute Gasteiger partial charge is 0.465 e. The minimum atomic E-state index is -4.68. The summed E-state index contributed by atoms with van der Waals surface area (Å²) < 4.78 is 59.5. The van der Waals surface area contributed by atoms with Gasteiger partial charge in [0.25, 0.3) is 5.91 Å². The van der Waals surface area contributed by atoms with Crippen molar-refractivity contribution < 1.29 is 36.6 Å². The van der Waals surface area contributed by atoms with Crippen molar-refractivity contribution in [2.24, 2.45) is 0 Å². The normalized spacial score (nSPS) is 13.4. The molecule has 28 heavy (non-hydrogen) atoms. The molecule has 0 saturated carbocycles. The summed E-state index contributed by atoms with van der Waals surface area (Å²) in [5.41, 5.74) is 1.03. The van der Waals surface area contributed by atoms with E-state index in [1.54, 1.807) is 0 Å². The molecule has 0 spiro atoms. The van der Waals surface area contributed by atoms with Crippen molar-refractivity contribution in [2.75, 3.05) is 12.4 Å². The van der Waals surface area contributed by atoms with Crippen LogP contribution in [0.5, 0.6) is 5.75 Å². The molecule has 1 heterocycles. The number of amides is 1. The Kier molecular flexibility index (Phi) is 5.59. The van der Waals surface area contributed by atoms with E-state index in [4.69, 9.17) is 4.74 Å². The Balaban J connectivity index is 1.83. The molecule has 1 aliphatic carbocycles. The Morgan fingerprint density at radius 2 is 2.00 bits per heavy atom. The molecule has 0 fully saturated rings. The molecular weight excluding hydrogens is 402 g/mol. The first-order valence-electron chi connectivity index (χ1n) is 8.22. The van der Waals surface area contributed by atoms with Crippen LogP contribution >= 0.6 is 11.3 Å². The van der Waals surface area contributed by atoms with Gasteiger partial charge in [-0.2, -0.15) is 17.6 Å². The SMILES string of the molecule is COC(=O)c1c(NC(=O)c2cccc(OC(F)(F)C(F)F)c2)sc2c1CCC2. The second-order valence-corrected chi connectivity index (χ2v) is 7.10. The second-order valence-electron chi connectivity index (χ2n) is 6.00. The van der Waals surface area contributed by atoms with Crippen molar-refractivity contribution in [1.29, 1.82) is 0 Å². The molecule has 1 N–H and O–H groups in total. The number of thiophene rings is 1. The number of esters is 1. The number of nitrogens with one attached hydrogen (secondary N) is 1. The zero-order valence-electron chi connectivity index (χ0n) is 14.6. The molecule has 0 atom stereocenters. The maximum absolute atomic E-state index is 13.1. The number of hydrogen-bond acceptors (Lipinski definition) is 5. The maximum atomic E-state index is 13.1. The van der Waals surface area contributed by atoms with E-state index < -0.39 is 30.2 Å². The molecule has 0 aliphatic heterocycles. The van der Waals surface area contributed by atoms with E-state index in [9.17, 15) is 27.2 Å². The Bertz CT molecular complexity index is 913. The number of hydrogen-bond donors (Lipinski definition) is 1. The molecule has 10 heteroatoms. The predicted molar refractivity (Wildman–Crippen MR) is 93.7 cm³/mol. The summed E-state index contributed by atoms with van der Waals surface area (Å²) in [4.78, 5) is 25.6. The summed E-state index contributed by atoms with van der Waals surface area (Å²) in [6, 6.07) is 4.49. The molecule has 0 radical (unpaired) electrons. The summed E-state index contributed by atoms with van der Waals surface area (Å²) in [6.07, 6.45) is -6.32. The highest BCUT2D eigenvalue weighted by Crippen LogP contribution is 2.39. The van der Waals surface area contributed by atoms with Crippen molar-refractivity contribution in [2.45, 2.75) is 31.8 Å². The van der Waals surface area contributed by atoms with Crippen LogP contribution in [0.3, 0.4) is 0 Å². The van der Waals surface area contributed by atoms with E-state index >= 15 is 0 Å². The zero-order chi connectivity index (χ0) is 20.5. The minimum Gasteiger partial charge on any atom is -0.465 e. The third kappa shape index (κ3) is 3.96. The lowest BCUT2D eigenvalue weighted by Gasteiger charge is -2.17. The lowest BCUT2D eigenvalue weighted by atomic mass is 10.1. The van der Waals surface area contributed by atoms with Crippen LogP contribution in [0.25, 0.3) is 0 Å². The van der Waals surface area contributed by atoms with Gasteiger partial charge in [-0.3, -0.25) is 4.79 Å². The number of anilines is 1. The van der Waals surface area contributed by atoms with E-state index in [0.29, 0.717) is 11.4 Å². The number of alkyl halides is 4.